The lowest BCUT2D eigenvalue weighted by Crippen LogP contribution is -3.00. The Morgan fingerprint density at radius 3 is 2.11 bits per heavy atom. The standard InChI is InChI=1S/C14H14NO.C7H8N2O.2HI/c1-15-9-7-13(8-10-15)14(16)11-12-5-3-2-4-6-12;1-9-5-3-2-4-7(9)6-8-10;;/h2-10H,11H2,1H3;2-6H,1H3;2*1H/q+1;;;/p-1. The number of hydrogen-bond donors (Lipinski definition) is 1. The summed E-state index contributed by atoms with van der Waals surface area (Å²) in [5.74, 6) is 0.159. The van der Waals surface area contributed by atoms with E-state index < -0.39 is 0 Å². The second-order valence-electron chi connectivity index (χ2n) is 5.82. The summed E-state index contributed by atoms with van der Waals surface area (Å²) in [6, 6.07) is 19.2. The van der Waals surface area contributed by atoms with Gasteiger partial charge in [0.15, 0.2) is 24.4 Å². The fourth-order valence-electron chi connectivity index (χ4n) is 2.30. The SMILES string of the molecule is C[n+]1ccc(C(=O)Cc2ccccc2)cc1.C[n+]1ccccc1C=NO.[I-].[I-]. The average Bonchev–Trinajstić information content (AvgIpc) is 2.66. The molecule has 0 aliphatic heterocycles. The lowest BCUT2D eigenvalue weighted by Gasteiger charge is -2.00. The molecule has 7 heteroatoms. The van der Waals surface area contributed by atoms with Gasteiger partial charge in [-0.1, -0.05) is 35.5 Å². The highest BCUT2D eigenvalue weighted by Gasteiger charge is 2.07. The third-order valence-electron chi connectivity index (χ3n) is 3.79. The van der Waals surface area contributed by atoms with Crippen LogP contribution in [0.3, 0.4) is 0 Å². The molecule has 148 valence electrons. The van der Waals surface area contributed by atoms with Crippen LogP contribution in [0.1, 0.15) is 21.6 Å². The van der Waals surface area contributed by atoms with Gasteiger partial charge in [-0.05, 0) is 11.6 Å². The summed E-state index contributed by atoms with van der Waals surface area (Å²) in [5, 5.41) is 11.1. The molecule has 0 saturated carbocycles. The van der Waals surface area contributed by atoms with Crippen molar-refractivity contribution in [1.29, 1.82) is 0 Å². The van der Waals surface area contributed by atoms with Crippen molar-refractivity contribution in [2.45, 2.75) is 6.42 Å². The number of ketones is 1. The van der Waals surface area contributed by atoms with Crippen LogP contribution in [0.4, 0.5) is 0 Å². The summed E-state index contributed by atoms with van der Waals surface area (Å²) in [5.41, 5.74) is 2.69. The first-order valence-corrected chi connectivity index (χ1v) is 8.24. The van der Waals surface area contributed by atoms with Crippen LogP contribution in [0.25, 0.3) is 0 Å². The van der Waals surface area contributed by atoms with Gasteiger partial charge in [0.25, 0.3) is 0 Å². The summed E-state index contributed by atoms with van der Waals surface area (Å²) >= 11 is 0. The molecule has 1 aromatic carbocycles. The van der Waals surface area contributed by atoms with Gasteiger partial charge >= 0.3 is 0 Å². The molecule has 2 aromatic heterocycles. The fraction of sp³-hybridized carbons (Fsp3) is 0.143. The summed E-state index contributed by atoms with van der Waals surface area (Å²) in [7, 11) is 3.82. The molecule has 1 N–H and O–H groups in total. The van der Waals surface area contributed by atoms with E-state index in [4.69, 9.17) is 5.21 Å². The zero-order valence-corrected chi connectivity index (χ0v) is 20.1. The van der Waals surface area contributed by atoms with Crippen LogP contribution in [0, 0.1) is 0 Å². The lowest BCUT2D eigenvalue weighted by atomic mass is 10.0. The molecule has 0 unspecified atom stereocenters. The molecule has 2 heterocycles. The van der Waals surface area contributed by atoms with Crippen LogP contribution in [0.15, 0.2) is 84.4 Å². The van der Waals surface area contributed by atoms with Crippen LogP contribution >= 0.6 is 0 Å². The molecule has 28 heavy (non-hydrogen) atoms. The summed E-state index contributed by atoms with van der Waals surface area (Å²) in [6.45, 7) is 0. The Morgan fingerprint density at radius 1 is 0.929 bits per heavy atom. The van der Waals surface area contributed by atoms with Crippen molar-refractivity contribution in [3.05, 3.63) is 96.1 Å². The maximum atomic E-state index is 11.9. The topological polar surface area (TPSA) is 57.4 Å². The molecule has 5 nitrogen and oxygen atoms in total. The number of pyridine rings is 2. The second kappa shape index (κ2) is 14.2. The monoisotopic (exact) mass is 603 g/mol. The number of carbonyl (C=O) groups excluding carboxylic acids is 1. The quantitative estimate of drug-likeness (QED) is 0.0834. The van der Waals surface area contributed by atoms with Gasteiger partial charge in [-0.3, -0.25) is 4.79 Å². The molecule has 0 aliphatic rings. The number of halogens is 2. The number of hydrogen-bond acceptors (Lipinski definition) is 3. The van der Waals surface area contributed by atoms with Gasteiger partial charge in [0.05, 0.1) is 0 Å². The predicted molar refractivity (Wildman–Crippen MR) is 99.1 cm³/mol. The van der Waals surface area contributed by atoms with Crippen molar-refractivity contribution in [3.8, 4) is 0 Å². The van der Waals surface area contributed by atoms with Crippen LogP contribution in [0.2, 0.25) is 0 Å². The van der Waals surface area contributed by atoms with Crippen molar-refractivity contribution in [1.82, 2.24) is 0 Å². The summed E-state index contributed by atoms with van der Waals surface area (Å²) < 4.78 is 3.78. The average molecular weight is 603 g/mol. The van der Waals surface area contributed by atoms with Crippen molar-refractivity contribution in [2.75, 3.05) is 0 Å². The zero-order chi connectivity index (χ0) is 18.8. The minimum absolute atomic E-state index is 0. The van der Waals surface area contributed by atoms with E-state index in [-0.39, 0.29) is 53.7 Å². The minimum Gasteiger partial charge on any atom is -1.00 e. The molecule has 0 fully saturated rings. The number of aromatic nitrogens is 2. The Balaban J connectivity index is 0.000000532. The van der Waals surface area contributed by atoms with Crippen molar-refractivity contribution >= 4 is 12.0 Å². The number of oxime groups is 1. The first-order valence-electron chi connectivity index (χ1n) is 8.24. The number of carbonyl (C=O) groups is 1. The third kappa shape index (κ3) is 8.87. The Hall–Kier alpha value is -1.88. The summed E-state index contributed by atoms with van der Waals surface area (Å²) in [4.78, 5) is 11.9. The number of benzene rings is 1. The van der Waals surface area contributed by atoms with E-state index >= 15 is 0 Å². The predicted octanol–water partition coefficient (Wildman–Crippen LogP) is -3.74. The number of Topliss-reactive ketones (excluding diaryl/α,β-unsaturated/α-hetero) is 1. The van der Waals surface area contributed by atoms with Crippen LogP contribution < -0.4 is 57.1 Å². The Morgan fingerprint density at radius 2 is 1.54 bits per heavy atom. The Labute approximate surface area is 199 Å². The maximum absolute atomic E-state index is 11.9. The first-order chi connectivity index (χ1) is 12.6. The van der Waals surface area contributed by atoms with Gasteiger partial charge in [-0.25, -0.2) is 9.13 Å². The molecule has 0 aliphatic carbocycles. The molecule has 0 radical (unpaired) electrons. The molecule has 0 bridgehead atoms. The smallest absolute Gasteiger partial charge is 0.226 e. The van der Waals surface area contributed by atoms with E-state index in [1.54, 1.807) is 0 Å². The molecular formula is C21H23I2N3O2. The number of aryl methyl sites for hydroxylation is 2. The van der Waals surface area contributed by atoms with Gasteiger partial charge in [-0.2, -0.15) is 0 Å². The highest BCUT2D eigenvalue weighted by atomic mass is 127. The maximum Gasteiger partial charge on any atom is 0.226 e. The van der Waals surface area contributed by atoms with Crippen molar-refractivity contribution < 1.29 is 67.1 Å². The summed E-state index contributed by atoms with van der Waals surface area (Å²) in [6.07, 6.45) is 7.52. The van der Waals surface area contributed by atoms with E-state index in [0.717, 1.165) is 16.8 Å². The highest BCUT2D eigenvalue weighted by molar-refractivity contribution is 5.97. The molecule has 3 rings (SSSR count). The molecular weight excluding hydrogens is 580 g/mol. The van der Waals surface area contributed by atoms with E-state index in [0.29, 0.717) is 6.42 Å². The molecule has 0 amide bonds. The van der Waals surface area contributed by atoms with E-state index in [1.807, 2.05) is 102 Å². The van der Waals surface area contributed by atoms with E-state index in [9.17, 15) is 4.79 Å². The van der Waals surface area contributed by atoms with Crippen molar-refractivity contribution in [2.24, 2.45) is 19.3 Å². The second-order valence-corrected chi connectivity index (χ2v) is 5.82. The first kappa shape index (κ1) is 26.1. The number of nitrogens with zero attached hydrogens (tertiary/aromatic N) is 3. The molecule has 0 spiro atoms. The van der Waals surface area contributed by atoms with Crippen LogP contribution in [-0.2, 0) is 20.5 Å². The van der Waals surface area contributed by atoms with Crippen LogP contribution in [0.5, 0.6) is 0 Å². The van der Waals surface area contributed by atoms with Gasteiger partial charge in [0.2, 0.25) is 5.69 Å². The lowest BCUT2D eigenvalue weighted by molar-refractivity contribution is -0.672. The number of rotatable bonds is 4. The molecule has 0 saturated heterocycles. The third-order valence-corrected chi connectivity index (χ3v) is 3.79. The normalized spacial score (nSPS) is 9.50. The van der Waals surface area contributed by atoms with E-state index in [1.165, 1.54) is 6.21 Å². The zero-order valence-electron chi connectivity index (χ0n) is 15.7. The van der Waals surface area contributed by atoms with Gasteiger partial charge in [-0.15, -0.1) is 0 Å². The molecule has 0 atom stereocenters. The van der Waals surface area contributed by atoms with Gasteiger partial charge in [0, 0.05) is 36.2 Å². The Kier molecular flexibility index (Phi) is 13.2. The minimum atomic E-state index is 0. The highest BCUT2D eigenvalue weighted by Crippen LogP contribution is 2.05. The fourth-order valence-corrected chi connectivity index (χ4v) is 2.30. The van der Waals surface area contributed by atoms with Crippen molar-refractivity contribution in [3.63, 3.8) is 0 Å². The molecule has 3 aromatic rings. The largest absolute Gasteiger partial charge is 1.00 e. The Bertz CT molecular complexity index is 870. The van der Waals surface area contributed by atoms with Crippen LogP contribution in [-0.4, -0.2) is 17.2 Å². The van der Waals surface area contributed by atoms with Gasteiger partial charge < -0.3 is 53.2 Å². The van der Waals surface area contributed by atoms with E-state index in [2.05, 4.69) is 5.16 Å². The van der Waals surface area contributed by atoms with Gasteiger partial charge in [0.1, 0.15) is 20.3 Å².